The zero-order chi connectivity index (χ0) is 7.68. The average Bonchev–Trinajstić information content (AvgIpc) is 2.47. The summed E-state index contributed by atoms with van der Waals surface area (Å²) < 4.78 is 0. The fourth-order valence-corrected chi connectivity index (χ4v) is 1.30. The van der Waals surface area contributed by atoms with Gasteiger partial charge in [-0.15, -0.1) is 0 Å². The summed E-state index contributed by atoms with van der Waals surface area (Å²) in [6.07, 6.45) is 5.79. The van der Waals surface area contributed by atoms with Gasteiger partial charge >= 0.3 is 0 Å². The second kappa shape index (κ2) is 2.35. The van der Waals surface area contributed by atoms with Crippen molar-refractivity contribution in [3.63, 3.8) is 0 Å². The molecule has 0 aliphatic heterocycles. The average molecular weight is 143 g/mol. The number of benzene rings is 1. The molecule has 1 aliphatic carbocycles. The first-order valence-corrected chi connectivity index (χ1v) is 3.56. The summed E-state index contributed by atoms with van der Waals surface area (Å²) >= 11 is 0. The fourth-order valence-electron chi connectivity index (χ4n) is 1.30. The van der Waals surface area contributed by atoms with E-state index in [1.807, 2.05) is 24.3 Å². The molecule has 1 atom stereocenters. The molecule has 11 heavy (non-hydrogen) atoms. The number of fused-ring (bicyclic) bond motifs is 1. The fraction of sp³-hybridized carbons (Fsp3) is 0.100. The van der Waals surface area contributed by atoms with Gasteiger partial charge in [0.1, 0.15) is 6.29 Å². The molecule has 1 nitrogen and oxygen atoms in total. The van der Waals surface area contributed by atoms with Gasteiger partial charge in [0.05, 0.1) is 5.92 Å². The highest BCUT2D eigenvalue weighted by molar-refractivity contribution is 5.69. The third-order valence-electron chi connectivity index (χ3n) is 1.88. The highest BCUT2D eigenvalue weighted by Crippen LogP contribution is 2.25. The Bertz CT molecular complexity index is 312. The Hall–Kier alpha value is -1.37. The largest absolute Gasteiger partial charge is 0.302 e. The minimum Gasteiger partial charge on any atom is -0.302 e. The molecule has 1 aliphatic rings. The monoisotopic (exact) mass is 143 g/mol. The van der Waals surface area contributed by atoms with Gasteiger partial charge in [0.2, 0.25) is 0 Å². The van der Waals surface area contributed by atoms with Crippen molar-refractivity contribution in [1.29, 1.82) is 0 Å². The Balaban J connectivity index is 2.53. The Morgan fingerprint density at radius 3 is 3.00 bits per heavy atom. The van der Waals surface area contributed by atoms with Crippen LogP contribution >= 0.6 is 0 Å². The summed E-state index contributed by atoms with van der Waals surface area (Å²) in [7, 11) is 0. The lowest BCUT2D eigenvalue weighted by Crippen LogP contribution is -1.92. The lowest BCUT2D eigenvalue weighted by Gasteiger charge is -2.00. The van der Waals surface area contributed by atoms with Crippen molar-refractivity contribution in [1.82, 2.24) is 0 Å². The van der Waals surface area contributed by atoms with Crippen LogP contribution in [0.3, 0.4) is 0 Å². The molecule has 0 saturated carbocycles. The number of aldehydes is 1. The first kappa shape index (κ1) is 6.35. The van der Waals surface area contributed by atoms with Crippen LogP contribution in [0.1, 0.15) is 17.0 Å². The predicted octanol–water partition coefficient (Wildman–Crippen LogP) is 1.69. The topological polar surface area (TPSA) is 17.1 Å². The quantitative estimate of drug-likeness (QED) is 0.547. The van der Waals surface area contributed by atoms with E-state index in [1.54, 1.807) is 6.08 Å². The maximum absolute atomic E-state index is 10.5. The van der Waals surface area contributed by atoms with E-state index in [2.05, 4.69) is 6.08 Å². The van der Waals surface area contributed by atoms with E-state index in [1.165, 1.54) is 0 Å². The van der Waals surface area contributed by atoms with Crippen LogP contribution in [0.15, 0.2) is 30.3 Å². The van der Waals surface area contributed by atoms with Crippen molar-refractivity contribution in [3.05, 3.63) is 47.5 Å². The molecule has 0 spiro atoms. The number of rotatable bonds is 1. The number of hydrogen-bond acceptors (Lipinski definition) is 1. The van der Waals surface area contributed by atoms with E-state index in [0.29, 0.717) is 0 Å². The molecule has 0 aromatic heterocycles. The summed E-state index contributed by atoms with van der Waals surface area (Å²) in [4.78, 5) is 10.5. The SMILES string of the molecule is O=CC1C=[C]c2ccccc21. The lowest BCUT2D eigenvalue weighted by molar-refractivity contribution is -0.108. The van der Waals surface area contributed by atoms with Crippen molar-refractivity contribution < 1.29 is 4.79 Å². The molecule has 0 heterocycles. The highest BCUT2D eigenvalue weighted by atomic mass is 16.1. The van der Waals surface area contributed by atoms with Gasteiger partial charge in [0, 0.05) is 0 Å². The van der Waals surface area contributed by atoms with Gasteiger partial charge in [-0.1, -0.05) is 30.3 Å². The third-order valence-corrected chi connectivity index (χ3v) is 1.88. The molecule has 0 N–H and O–H groups in total. The van der Waals surface area contributed by atoms with Gasteiger partial charge in [0.25, 0.3) is 0 Å². The normalized spacial score (nSPS) is 19.8. The van der Waals surface area contributed by atoms with Gasteiger partial charge in [-0.3, -0.25) is 0 Å². The second-order valence-electron chi connectivity index (χ2n) is 2.56. The minimum atomic E-state index is -0.0637. The molecule has 1 heteroatoms. The van der Waals surface area contributed by atoms with Crippen molar-refractivity contribution in [2.75, 3.05) is 0 Å². The molecule has 53 valence electrons. The summed E-state index contributed by atoms with van der Waals surface area (Å²) in [6, 6.07) is 7.82. The van der Waals surface area contributed by atoms with E-state index in [-0.39, 0.29) is 5.92 Å². The van der Waals surface area contributed by atoms with Crippen LogP contribution in [-0.2, 0) is 4.79 Å². The maximum Gasteiger partial charge on any atom is 0.131 e. The number of carbonyl (C=O) groups excluding carboxylic acids is 1. The van der Waals surface area contributed by atoms with Crippen LogP contribution in [0, 0.1) is 6.08 Å². The zero-order valence-corrected chi connectivity index (χ0v) is 5.95. The van der Waals surface area contributed by atoms with Crippen LogP contribution < -0.4 is 0 Å². The molecule has 1 aromatic carbocycles. The summed E-state index contributed by atoms with van der Waals surface area (Å²) in [6.45, 7) is 0. The van der Waals surface area contributed by atoms with Gasteiger partial charge in [-0.2, -0.15) is 0 Å². The van der Waals surface area contributed by atoms with Crippen LogP contribution in [0.2, 0.25) is 0 Å². The van der Waals surface area contributed by atoms with Crippen molar-refractivity contribution >= 4 is 6.29 Å². The van der Waals surface area contributed by atoms with Crippen molar-refractivity contribution in [3.8, 4) is 0 Å². The van der Waals surface area contributed by atoms with E-state index in [4.69, 9.17) is 0 Å². The summed E-state index contributed by atoms with van der Waals surface area (Å²) in [5.41, 5.74) is 2.12. The van der Waals surface area contributed by atoms with E-state index < -0.39 is 0 Å². The minimum absolute atomic E-state index is 0.0637. The van der Waals surface area contributed by atoms with E-state index >= 15 is 0 Å². The Morgan fingerprint density at radius 2 is 2.18 bits per heavy atom. The molecular weight excluding hydrogens is 136 g/mol. The smallest absolute Gasteiger partial charge is 0.131 e. The molecule has 1 aromatic rings. The lowest BCUT2D eigenvalue weighted by atomic mass is 10.0. The van der Waals surface area contributed by atoms with E-state index in [9.17, 15) is 4.79 Å². The molecular formula is C10H7O. The molecule has 0 fully saturated rings. The molecule has 0 saturated heterocycles. The predicted molar refractivity (Wildman–Crippen MR) is 42.2 cm³/mol. The molecule has 1 radical (unpaired) electrons. The number of carbonyl (C=O) groups is 1. The second-order valence-corrected chi connectivity index (χ2v) is 2.56. The third kappa shape index (κ3) is 0.891. The van der Waals surface area contributed by atoms with Crippen molar-refractivity contribution in [2.45, 2.75) is 5.92 Å². The summed E-state index contributed by atoms with van der Waals surface area (Å²) in [5.74, 6) is -0.0637. The number of allylic oxidation sites excluding steroid dienone is 1. The van der Waals surface area contributed by atoms with Gasteiger partial charge in [-0.05, 0) is 17.2 Å². The standard InChI is InChI=1S/C10H7O/c11-7-9-6-5-8-3-1-2-4-10(8)9/h1-4,6-7,9H. The van der Waals surface area contributed by atoms with E-state index in [0.717, 1.165) is 17.4 Å². The van der Waals surface area contributed by atoms with Gasteiger partial charge in [0.15, 0.2) is 0 Å². The first-order chi connectivity index (χ1) is 5.42. The zero-order valence-electron chi connectivity index (χ0n) is 5.95. The molecule has 2 rings (SSSR count). The van der Waals surface area contributed by atoms with Gasteiger partial charge < -0.3 is 4.79 Å². The Kier molecular flexibility index (Phi) is 1.35. The summed E-state index contributed by atoms with van der Waals surface area (Å²) in [5, 5.41) is 0. The molecule has 0 amide bonds. The van der Waals surface area contributed by atoms with Crippen molar-refractivity contribution in [2.24, 2.45) is 0 Å². The highest BCUT2D eigenvalue weighted by Gasteiger charge is 2.14. The van der Waals surface area contributed by atoms with Crippen LogP contribution in [-0.4, -0.2) is 6.29 Å². The van der Waals surface area contributed by atoms with Crippen LogP contribution in [0.25, 0.3) is 0 Å². The Labute approximate surface area is 65.4 Å². The Morgan fingerprint density at radius 1 is 1.36 bits per heavy atom. The van der Waals surface area contributed by atoms with Gasteiger partial charge in [-0.25, -0.2) is 0 Å². The molecule has 0 bridgehead atoms. The molecule has 1 unspecified atom stereocenters. The number of hydrogen-bond donors (Lipinski definition) is 0. The first-order valence-electron chi connectivity index (χ1n) is 3.56. The maximum atomic E-state index is 10.5. The van der Waals surface area contributed by atoms with Crippen LogP contribution in [0.4, 0.5) is 0 Å². The van der Waals surface area contributed by atoms with Crippen LogP contribution in [0.5, 0.6) is 0 Å².